The standard InChI is InChI=1S/C7H17NO5S/c1-7(2,3)13-8-4-6(9)5-14(10,11)12/h6,8-9H,4-5H2,1-3H3,(H,10,11,12). The van der Waals surface area contributed by atoms with Crippen LogP contribution >= 0.6 is 0 Å². The van der Waals surface area contributed by atoms with Crippen molar-refractivity contribution in [3.05, 3.63) is 0 Å². The highest BCUT2D eigenvalue weighted by atomic mass is 32.2. The molecule has 0 radical (unpaired) electrons. The van der Waals surface area contributed by atoms with Crippen molar-refractivity contribution in [3.63, 3.8) is 0 Å². The average Bonchev–Trinajstić information content (AvgIpc) is 1.78. The molecule has 86 valence electrons. The molecule has 0 aliphatic rings. The average molecular weight is 227 g/mol. The van der Waals surface area contributed by atoms with Crippen LogP contribution in [0.4, 0.5) is 0 Å². The van der Waals surface area contributed by atoms with Crippen molar-refractivity contribution in [2.24, 2.45) is 0 Å². The van der Waals surface area contributed by atoms with E-state index < -0.39 is 27.6 Å². The largest absolute Gasteiger partial charge is 0.391 e. The molecule has 0 aromatic carbocycles. The van der Waals surface area contributed by atoms with Crippen molar-refractivity contribution in [1.29, 1.82) is 0 Å². The summed E-state index contributed by atoms with van der Waals surface area (Å²) in [6.45, 7) is 5.34. The van der Waals surface area contributed by atoms with Crippen LogP contribution in [0.25, 0.3) is 0 Å². The van der Waals surface area contributed by atoms with Gasteiger partial charge in [0.15, 0.2) is 0 Å². The van der Waals surface area contributed by atoms with Gasteiger partial charge in [0.2, 0.25) is 0 Å². The normalized spacial score (nSPS) is 15.5. The number of aliphatic hydroxyl groups excluding tert-OH is 1. The van der Waals surface area contributed by atoms with Crippen LogP contribution in [-0.4, -0.2) is 42.1 Å². The van der Waals surface area contributed by atoms with Gasteiger partial charge in [0.1, 0.15) is 5.75 Å². The molecule has 0 heterocycles. The lowest BCUT2D eigenvalue weighted by Gasteiger charge is -2.20. The number of rotatable bonds is 5. The monoisotopic (exact) mass is 227 g/mol. The van der Waals surface area contributed by atoms with Crippen LogP contribution in [0.2, 0.25) is 0 Å². The minimum absolute atomic E-state index is 0.0585. The number of hydroxylamine groups is 1. The van der Waals surface area contributed by atoms with Crippen molar-refractivity contribution in [2.45, 2.75) is 32.5 Å². The van der Waals surface area contributed by atoms with Gasteiger partial charge in [-0.2, -0.15) is 13.9 Å². The van der Waals surface area contributed by atoms with Gasteiger partial charge in [-0.3, -0.25) is 9.39 Å². The molecule has 0 aromatic rings. The van der Waals surface area contributed by atoms with E-state index in [1.165, 1.54) is 0 Å². The molecular weight excluding hydrogens is 210 g/mol. The van der Waals surface area contributed by atoms with Crippen LogP contribution in [0.5, 0.6) is 0 Å². The second-order valence-electron chi connectivity index (χ2n) is 3.97. The second kappa shape index (κ2) is 5.04. The second-order valence-corrected chi connectivity index (χ2v) is 5.46. The van der Waals surface area contributed by atoms with E-state index in [0.717, 1.165) is 0 Å². The number of hydrogen-bond donors (Lipinski definition) is 3. The third-order valence-electron chi connectivity index (χ3n) is 1.10. The highest BCUT2D eigenvalue weighted by molar-refractivity contribution is 7.85. The molecule has 0 saturated heterocycles. The number of nitrogens with one attached hydrogen (secondary N) is 1. The first kappa shape index (κ1) is 13.8. The Kier molecular flexibility index (Phi) is 4.96. The van der Waals surface area contributed by atoms with Crippen LogP contribution < -0.4 is 5.48 Å². The highest BCUT2D eigenvalue weighted by Gasteiger charge is 2.15. The fraction of sp³-hybridized carbons (Fsp3) is 1.00. The lowest BCUT2D eigenvalue weighted by Crippen LogP contribution is -2.37. The summed E-state index contributed by atoms with van der Waals surface area (Å²) in [4.78, 5) is 5.03. The lowest BCUT2D eigenvalue weighted by atomic mass is 10.2. The minimum atomic E-state index is -4.13. The van der Waals surface area contributed by atoms with E-state index in [1.54, 1.807) is 20.8 Å². The van der Waals surface area contributed by atoms with Crippen molar-refractivity contribution < 1.29 is 22.9 Å². The molecule has 0 bridgehead atoms. The first-order valence-corrected chi connectivity index (χ1v) is 5.75. The Labute approximate surface area is 84.0 Å². The third-order valence-corrected chi connectivity index (χ3v) is 1.91. The molecule has 0 aromatic heterocycles. The van der Waals surface area contributed by atoms with Gasteiger partial charge in [-0.25, -0.2) is 0 Å². The van der Waals surface area contributed by atoms with E-state index in [9.17, 15) is 8.42 Å². The molecule has 7 heteroatoms. The summed E-state index contributed by atoms with van der Waals surface area (Å²) in [7, 11) is -4.13. The Bertz CT molecular complexity index is 256. The molecule has 0 aliphatic heterocycles. The molecule has 1 atom stereocenters. The lowest BCUT2D eigenvalue weighted by molar-refractivity contribution is -0.0815. The predicted molar refractivity (Wildman–Crippen MR) is 51.3 cm³/mol. The van der Waals surface area contributed by atoms with E-state index in [0.29, 0.717) is 0 Å². The predicted octanol–water partition coefficient (Wildman–Crippen LogP) is -0.445. The zero-order chi connectivity index (χ0) is 11.4. The SMILES string of the molecule is CC(C)(C)ONCC(O)CS(=O)(=O)O. The van der Waals surface area contributed by atoms with Gasteiger partial charge in [-0.05, 0) is 20.8 Å². The van der Waals surface area contributed by atoms with Crippen molar-refractivity contribution in [1.82, 2.24) is 5.48 Å². The summed E-state index contributed by atoms with van der Waals surface area (Å²) in [5.74, 6) is -0.701. The summed E-state index contributed by atoms with van der Waals surface area (Å²) < 4.78 is 29.0. The molecule has 0 amide bonds. The maximum Gasteiger partial charge on any atom is 0.267 e. The molecule has 3 N–H and O–H groups in total. The van der Waals surface area contributed by atoms with Crippen LogP contribution in [0.3, 0.4) is 0 Å². The van der Waals surface area contributed by atoms with E-state index in [-0.39, 0.29) is 6.54 Å². The molecule has 0 aliphatic carbocycles. The van der Waals surface area contributed by atoms with Crippen LogP contribution in [0.15, 0.2) is 0 Å². The zero-order valence-electron chi connectivity index (χ0n) is 8.52. The molecule has 14 heavy (non-hydrogen) atoms. The molecule has 0 fully saturated rings. The fourth-order valence-electron chi connectivity index (χ4n) is 0.656. The molecule has 6 nitrogen and oxygen atoms in total. The van der Waals surface area contributed by atoms with Gasteiger partial charge < -0.3 is 5.11 Å². The topological polar surface area (TPSA) is 95.9 Å². The Morgan fingerprint density at radius 2 is 1.93 bits per heavy atom. The van der Waals surface area contributed by atoms with Crippen molar-refractivity contribution in [3.8, 4) is 0 Å². The number of hydrogen-bond acceptors (Lipinski definition) is 5. The van der Waals surface area contributed by atoms with Crippen LogP contribution in [-0.2, 0) is 15.0 Å². The van der Waals surface area contributed by atoms with E-state index in [4.69, 9.17) is 14.5 Å². The Morgan fingerprint density at radius 1 is 1.43 bits per heavy atom. The van der Waals surface area contributed by atoms with Gasteiger partial charge in [0, 0.05) is 6.54 Å². The Hall–Kier alpha value is -0.210. The van der Waals surface area contributed by atoms with E-state index >= 15 is 0 Å². The summed E-state index contributed by atoms with van der Waals surface area (Å²) >= 11 is 0. The Balaban J connectivity index is 3.71. The van der Waals surface area contributed by atoms with Gasteiger partial charge in [-0.1, -0.05) is 0 Å². The zero-order valence-corrected chi connectivity index (χ0v) is 9.34. The summed E-state index contributed by atoms with van der Waals surface area (Å²) in [6.07, 6.45) is -1.19. The molecule has 0 rings (SSSR count). The van der Waals surface area contributed by atoms with Crippen molar-refractivity contribution in [2.75, 3.05) is 12.3 Å². The maximum absolute atomic E-state index is 10.3. The van der Waals surface area contributed by atoms with Gasteiger partial charge in [-0.15, -0.1) is 0 Å². The van der Waals surface area contributed by atoms with E-state index in [2.05, 4.69) is 5.48 Å². The summed E-state index contributed by atoms with van der Waals surface area (Å²) in [6, 6.07) is 0. The smallest absolute Gasteiger partial charge is 0.267 e. The molecular formula is C7H17NO5S. The highest BCUT2D eigenvalue weighted by Crippen LogP contribution is 2.03. The fourth-order valence-corrected chi connectivity index (χ4v) is 1.26. The summed E-state index contributed by atoms with van der Waals surface area (Å²) in [5.41, 5.74) is 2.00. The van der Waals surface area contributed by atoms with Crippen molar-refractivity contribution >= 4 is 10.1 Å². The number of aliphatic hydroxyl groups is 1. The third kappa shape index (κ3) is 9.87. The quantitative estimate of drug-likeness (QED) is 0.435. The van der Waals surface area contributed by atoms with Gasteiger partial charge in [0.05, 0.1) is 11.7 Å². The molecule has 0 spiro atoms. The van der Waals surface area contributed by atoms with Gasteiger partial charge >= 0.3 is 0 Å². The van der Waals surface area contributed by atoms with Crippen LogP contribution in [0.1, 0.15) is 20.8 Å². The van der Waals surface area contributed by atoms with E-state index in [1.807, 2.05) is 0 Å². The first-order chi connectivity index (χ1) is 6.10. The molecule has 1 unspecified atom stereocenters. The first-order valence-electron chi connectivity index (χ1n) is 4.14. The molecule has 0 saturated carbocycles. The van der Waals surface area contributed by atoms with Crippen LogP contribution in [0, 0.1) is 0 Å². The Morgan fingerprint density at radius 3 is 2.29 bits per heavy atom. The maximum atomic E-state index is 10.3. The minimum Gasteiger partial charge on any atom is -0.391 e. The summed E-state index contributed by atoms with van der Waals surface area (Å²) in [5, 5.41) is 9.10. The van der Waals surface area contributed by atoms with Gasteiger partial charge in [0.25, 0.3) is 10.1 Å².